The second kappa shape index (κ2) is 7.43. The Hall–Kier alpha value is -3.09. The molecule has 26 heavy (non-hydrogen) atoms. The van der Waals surface area contributed by atoms with E-state index in [0.717, 1.165) is 18.5 Å². The van der Waals surface area contributed by atoms with Gasteiger partial charge in [-0.1, -0.05) is 6.07 Å². The number of amides is 1. The van der Waals surface area contributed by atoms with Crippen LogP contribution in [0.25, 0.3) is 0 Å². The van der Waals surface area contributed by atoms with Gasteiger partial charge in [0.2, 0.25) is 5.91 Å². The Bertz CT molecular complexity index is 851. The van der Waals surface area contributed by atoms with Crippen LogP contribution in [0.3, 0.4) is 0 Å². The predicted molar refractivity (Wildman–Crippen MR) is 99.8 cm³/mol. The molecule has 7 heteroatoms. The highest BCUT2D eigenvalue weighted by atomic mass is 16.6. The third-order valence-electron chi connectivity index (χ3n) is 4.53. The molecule has 2 N–H and O–H groups in total. The van der Waals surface area contributed by atoms with Crippen molar-refractivity contribution in [3.63, 3.8) is 0 Å². The molecule has 2 aromatic rings. The molecule has 0 aliphatic heterocycles. The third kappa shape index (κ3) is 3.77. The number of nitro groups is 1. The average molecular weight is 355 g/mol. The second-order valence-corrected chi connectivity index (χ2v) is 6.33. The Morgan fingerprint density at radius 1 is 1.19 bits per heavy atom. The van der Waals surface area contributed by atoms with E-state index in [-0.39, 0.29) is 17.3 Å². The van der Waals surface area contributed by atoms with Gasteiger partial charge in [-0.3, -0.25) is 14.9 Å². The predicted octanol–water partition coefficient (Wildman–Crippen LogP) is 3.53. The fourth-order valence-corrected chi connectivity index (χ4v) is 3.13. The number of nitrogens with zero attached hydrogens (tertiary/aromatic N) is 1. The summed E-state index contributed by atoms with van der Waals surface area (Å²) in [6, 6.07) is 9.73. The number of carbonyl (C=O) groups excluding carboxylic acids is 1. The van der Waals surface area contributed by atoms with E-state index in [2.05, 4.69) is 22.8 Å². The van der Waals surface area contributed by atoms with E-state index in [1.807, 2.05) is 6.07 Å². The van der Waals surface area contributed by atoms with Gasteiger partial charge in [-0.25, -0.2) is 0 Å². The fraction of sp³-hybridized carbons (Fsp3) is 0.316. The molecule has 1 atom stereocenters. The van der Waals surface area contributed by atoms with Crippen molar-refractivity contribution in [2.45, 2.75) is 32.2 Å². The minimum absolute atomic E-state index is 0.111. The molecule has 0 bridgehead atoms. The van der Waals surface area contributed by atoms with Crippen molar-refractivity contribution in [1.29, 1.82) is 0 Å². The van der Waals surface area contributed by atoms with Crippen molar-refractivity contribution >= 4 is 23.0 Å². The molecule has 3 rings (SSSR count). The number of fused-ring (bicyclic) bond motifs is 1. The summed E-state index contributed by atoms with van der Waals surface area (Å²) in [6.07, 6.45) is 3.34. The number of hydrogen-bond acceptors (Lipinski definition) is 5. The summed E-state index contributed by atoms with van der Waals surface area (Å²) in [5.74, 6) is 0.0676. The quantitative estimate of drug-likeness (QED) is 0.611. The molecule has 1 amide bonds. The summed E-state index contributed by atoms with van der Waals surface area (Å²) in [7, 11) is 1.45. The molecule has 0 spiro atoms. The molecule has 0 saturated heterocycles. The molecule has 0 radical (unpaired) electrons. The first kappa shape index (κ1) is 17.7. The highest BCUT2D eigenvalue weighted by Gasteiger charge is 2.18. The summed E-state index contributed by atoms with van der Waals surface area (Å²) in [5.41, 5.74) is 3.74. The van der Waals surface area contributed by atoms with Crippen molar-refractivity contribution in [3.05, 3.63) is 57.6 Å². The summed E-state index contributed by atoms with van der Waals surface area (Å²) >= 11 is 0. The van der Waals surface area contributed by atoms with Gasteiger partial charge in [-0.15, -0.1) is 0 Å². The maximum atomic E-state index is 12.5. The van der Waals surface area contributed by atoms with Crippen LogP contribution >= 0.6 is 0 Å². The number of anilines is 2. The maximum absolute atomic E-state index is 12.5. The zero-order valence-corrected chi connectivity index (χ0v) is 14.7. The van der Waals surface area contributed by atoms with Gasteiger partial charge in [0.15, 0.2) is 0 Å². The Morgan fingerprint density at radius 2 is 1.96 bits per heavy atom. The molecule has 0 unspecified atom stereocenters. The number of carbonyl (C=O) groups is 1. The van der Waals surface area contributed by atoms with Gasteiger partial charge in [0.25, 0.3) is 5.69 Å². The number of ether oxygens (including phenoxy) is 1. The summed E-state index contributed by atoms with van der Waals surface area (Å²) in [4.78, 5) is 22.9. The summed E-state index contributed by atoms with van der Waals surface area (Å²) in [5, 5.41) is 16.8. The van der Waals surface area contributed by atoms with Gasteiger partial charge in [0.1, 0.15) is 11.8 Å². The van der Waals surface area contributed by atoms with Gasteiger partial charge in [0, 0.05) is 17.8 Å². The Balaban J connectivity index is 1.71. The smallest absolute Gasteiger partial charge is 0.271 e. The van der Waals surface area contributed by atoms with Gasteiger partial charge in [-0.2, -0.15) is 0 Å². The lowest BCUT2D eigenvalue weighted by Crippen LogP contribution is -2.32. The molecular weight excluding hydrogens is 334 g/mol. The number of methoxy groups -OCH3 is 1. The second-order valence-electron chi connectivity index (χ2n) is 6.33. The van der Waals surface area contributed by atoms with Gasteiger partial charge >= 0.3 is 0 Å². The molecule has 0 aromatic heterocycles. The average Bonchev–Trinajstić information content (AvgIpc) is 3.09. The minimum atomic E-state index is -0.515. The molecule has 1 aliphatic rings. The lowest BCUT2D eigenvalue weighted by Gasteiger charge is -2.17. The molecular formula is C19H21N3O4. The van der Waals surface area contributed by atoms with Crippen LogP contribution in [0.15, 0.2) is 36.4 Å². The topological polar surface area (TPSA) is 93.5 Å². The van der Waals surface area contributed by atoms with Crippen LogP contribution in [0.2, 0.25) is 0 Å². The van der Waals surface area contributed by atoms with E-state index in [1.165, 1.54) is 42.9 Å². The Kier molecular flexibility index (Phi) is 5.06. The van der Waals surface area contributed by atoms with E-state index in [1.54, 1.807) is 6.92 Å². The number of non-ortho nitro benzene ring substituents is 1. The Morgan fingerprint density at radius 3 is 2.69 bits per heavy atom. The van der Waals surface area contributed by atoms with Crippen LogP contribution in [0, 0.1) is 10.1 Å². The summed E-state index contributed by atoms with van der Waals surface area (Å²) in [6.45, 7) is 1.74. The van der Waals surface area contributed by atoms with Crippen LogP contribution in [0.1, 0.15) is 24.5 Å². The molecule has 0 heterocycles. The van der Waals surface area contributed by atoms with Gasteiger partial charge in [0.05, 0.1) is 17.7 Å². The fourth-order valence-electron chi connectivity index (χ4n) is 3.13. The molecule has 0 fully saturated rings. The van der Waals surface area contributed by atoms with Crippen molar-refractivity contribution in [2.75, 3.05) is 17.7 Å². The van der Waals surface area contributed by atoms with E-state index in [9.17, 15) is 14.9 Å². The molecule has 2 aromatic carbocycles. The van der Waals surface area contributed by atoms with Crippen LogP contribution in [-0.2, 0) is 17.6 Å². The SMILES string of the molecule is COc1ccc([N+](=O)[O-])cc1NC(=O)[C@H](C)Nc1ccc2c(c1)CCC2. The highest BCUT2D eigenvalue weighted by Crippen LogP contribution is 2.29. The lowest BCUT2D eigenvalue weighted by atomic mass is 10.1. The number of nitro benzene ring substituents is 1. The minimum Gasteiger partial charge on any atom is -0.495 e. The Labute approximate surface area is 151 Å². The van der Waals surface area contributed by atoms with E-state index in [4.69, 9.17) is 4.74 Å². The van der Waals surface area contributed by atoms with Crippen LogP contribution in [-0.4, -0.2) is 24.0 Å². The van der Waals surface area contributed by atoms with Crippen molar-refractivity contribution < 1.29 is 14.5 Å². The van der Waals surface area contributed by atoms with Crippen molar-refractivity contribution in [1.82, 2.24) is 0 Å². The first-order valence-electron chi connectivity index (χ1n) is 8.49. The van der Waals surface area contributed by atoms with Crippen molar-refractivity contribution in [3.8, 4) is 5.75 Å². The van der Waals surface area contributed by atoms with Gasteiger partial charge in [-0.05, 0) is 55.5 Å². The standard InChI is InChI=1S/C19H21N3O4/c1-12(20-15-7-6-13-4-3-5-14(13)10-15)19(23)21-17-11-16(22(24)25)8-9-18(17)26-2/h6-12,20H,3-5H2,1-2H3,(H,21,23)/t12-/m0/s1. The monoisotopic (exact) mass is 355 g/mol. The molecule has 136 valence electrons. The third-order valence-corrected chi connectivity index (χ3v) is 4.53. The molecule has 7 nitrogen and oxygen atoms in total. The summed E-state index contributed by atoms with van der Waals surface area (Å²) < 4.78 is 5.17. The van der Waals surface area contributed by atoms with Crippen LogP contribution in [0.4, 0.5) is 17.1 Å². The largest absolute Gasteiger partial charge is 0.495 e. The zero-order valence-electron chi connectivity index (χ0n) is 14.7. The molecule has 1 aliphatic carbocycles. The first-order chi connectivity index (χ1) is 12.5. The van der Waals surface area contributed by atoms with Crippen LogP contribution < -0.4 is 15.4 Å². The lowest BCUT2D eigenvalue weighted by molar-refractivity contribution is -0.384. The van der Waals surface area contributed by atoms with E-state index in [0.29, 0.717) is 5.75 Å². The molecule has 0 saturated carbocycles. The maximum Gasteiger partial charge on any atom is 0.271 e. The number of nitrogens with one attached hydrogen (secondary N) is 2. The number of aryl methyl sites for hydroxylation is 2. The highest BCUT2D eigenvalue weighted by molar-refractivity contribution is 5.97. The van der Waals surface area contributed by atoms with Gasteiger partial charge < -0.3 is 15.4 Å². The van der Waals surface area contributed by atoms with Crippen LogP contribution in [0.5, 0.6) is 5.75 Å². The zero-order chi connectivity index (χ0) is 18.7. The number of benzene rings is 2. The number of rotatable bonds is 6. The first-order valence-corrected chi connectivity index (χ1v) is 8.49. The normalized spacial score (nSPS) is 13.6. The van der Waals surface area contributed by atoms with E-state index >= 15 is 0 Å². The number of hydrogen-bond donors (Lipinski definition) is 2. The van der Waals surface area contributed by atoms with E-state index < -0.39 is 11.0 Å². The van der Waals surface area contributed by atoms with Crippen molar-refractivity contribution in [2.24, 2.45) is 0 Å².